The fraction of sp³-hybridized carbons (Fsp3) is 0.290. The number of anilines is 2. The summed E-state index contributed by atoms with van der Waals surface area (Å²) in [4.78, 5) is 40.1. The van der Waals surface area contributed by atoms with Crippen LogP contribution in [0.2, 0.25) is 0 Å². The summed E-state index contributed by atoms with van der Waals surface area (Å²) in [5.74, 6) is 4.05. The van der Waals surface area contributed by atoms with Gasteiger partial charge in [-0.05, 0) is 160 Å². The third kappa shape index (κ3) is 13.5. The maximum atomic E-state index is 13.6. The highest BCUT2D eigenvalue weighted by molar-refractivity contribution is 9.10. The van der Waals surface area contributed by atoms with Crippen molar-refractivity contribution < 1.29 is 23.8 Å². The third-order valence-corrected chi connectivity index (χ3v) is 12.7. The van der Waals surface area contributed by atoms with E-state index in [-0.39, 0.29) is 22.6 Å². The number of pyridine rings is 2. The number of hydrogen-bond acceptors (Lipinski definition) is 7. The predicted molar refractivity (Wildman–Crippen MR) is 299 cm³/mol. The van der Waals surface area contributed by atoms with Crippen LogP contribution in [0.3, 0.4) is 0 Å². The van der Waals surface area contributed by atoms with E-state index in [1.165, 1.54) is 0 Å². The minimum absolute atomic E-state index is 0.0521. The standard InChI is InChI=1S/C32H36N2O3.C30H31BrN2O2/c1-7-37-27-13-14-28-26(19-27)16-17-33-31(28)34(30(35)20-32(3,4)5)21-23-8-10-24(11-9-23)25-12-15-29(36-6)22(2)18-25;1-20-16-23(10-13-27(20)35-5)22-8-6-21(7-9-22)19-33(28(34)18-30(2,3)4)29-26-12-11-25(31)17-24(26)14-15-32-29/h8-19H,7,20-21H2,1-6H3;6-17H,18-19H2,1-5H3. The van der Waals surface area contributed by atoms with Crippen molar-refractivity contribution in [2.24, 2.45) is 10.8 Å². The molecule has 0 N–H and O–H groups in total. The Morgan fingerprint density at radius 3 is 1.35 bits per heavy atom. The summed E-state index contributed by atoms with van der Waals surface area (Å²) in [5, 5.41) is 3.93. The van der Waals surface area contributed by atoms with Crippen LogP contribution in [0.15, 0.2) is 150 Å². The number of ether oxygens (including phenoxy) is 3. The highest BCUT2D eigenvalue weighted by Crippen LogP contribution is 2.34. The molecule has 0 aliphatic rings. The number of methoxy groups -OCH3 is 2. The highest BCUT2D eigenvalue weighted by Gasteiger charge is 2.27. The molecule has 2 aromatic heterocycles. The zero-order valence-electron chi connectivity index (χ0n) is 43.6. The maximum absolute atomic E-state index is 13.6. The third-order valence-electron chi connectivity index (χ3n) is 12.3. The highest BCUT2D eigenvalue weighted by atomic mass is 79.9. The Kier molecular flexibility index (Phi) is 16.9. The van der Waals surface area contributed by atoms with Crippen LogP contribution in [0.5, 0.6) is 17.2 Å². The van der Waals surface area contributed by atoms with Crippen LogP contribution in [0.4, 0.5) is 11.6 Å². The second kappa shape index (κ2) is 23.0. The molecule has 372 valence electrons. The van der Waals surface area contributed by atoms with Crippen molar-refractivity contribution in [1.82, 2.24) is 9.97 Å². The molecule has 0 atom stereocenters. The van der Waals surface area contributed by atoms with E-state index in [1.807, 2.05) is 85.2 Å². The summed E-state index contributed by atoms with van der Waals surface area (Å²) in [6.07, 6.45) is 4.40. The van der Waals surface area contributed by atoms with E-state index in [1.54, 1.807) is 26.6 Å². The fourth-order valence-corrected chi connectivity index (χ4v) is 9.09. The van der Waals surface area contributed by atoms with Crippen LogP contribution in [0.25, 0.3) is 43.8 Å². The number of aryl methyl sites for hydroxylation is 2. The van der Waals surface area contributed by atoms with Crippen LogP contribution in [-0.2, 0) is 22.7 Å². The molecule has 2 amide bonds. The van der Waals surface area contributed by atoms with Gasteiger partial charge in [-0.25, -0.2) is 9.97 Å². The molecule has 2 heterocycles. The molecule has 0 bridgehead atoms. The first-order chi connectivity index (χ1) is 34.3. The van der Waals surface area contributed by atoms with Crippen molar-refractivity contribution >= 4 is 60.9 Å². The number of rotatable bonds is 14. The van der Waals surface area contributed by atoms with E-state index in [9.17, 15) is 9.59 Å². The van der Waals surface area contributed by atoms with Crippen LogP contribution < -0.4 is 24.0 Å². The van der Waals surface area contributed by atoms with Gasteiger partial charge >= 0.3 is 0 Å². The molecule has 10 heteroatoms. The Balaban J connectivity index is 0.000000212. The average molecular weight is 1030 g/mol. The number of fused-ring (bicyclic) bond motifs is 2. The SMILES string of the molecule is CCOc1ccc2c(N(Cc3ccc(-c4ccc(OC)c(C)c4)cc3)C(=O)CC(C)(C)C)nccc2c1.COc1ccc(-c2ccc(CN(C(=O)CC(C)(C)C)c3nccc4cc(Br)ccc34)cc2)cc1C. The number of carbonyl (C=O) groups is 2. The summed E-state index contributed by atoms with van der Waals surface area (Å²) in [7, 11) is 3.37. The van der Waals surface area contributed by atoms with Gasteiger partial charge < -0.3 is 14.2 Å². The largest absolute Gasteiger partial charge is 0.496 e. The van der Waals surface area contributed by atoms with E-state index in [0.29, 0.717) is 44.2 Å². The van der Waals surface area contributed by atoms with Crippen molar-refractivity contribution in [3.8, 4) is 39.5 Å². The first-order valence-corrected chi connectivity index (χ1v) is 25.3. The van der Waals surface area contributed by atoms with Gasteiger partial charge in [0, 0.05) is 40.5 Å². The Morgan fingerprint density at radius 1 is 0.528 bits per heavy atom. The smallest absolute Gasteiger partial charge is 0.229 e. The summed E-state index contributed by atoms with van der Waals surface area (Å²) in [6.45, 7) is 20.1. The van der Waals surface area contributed by atoms with Gasteiger partial charge in [0.1, 0.15) is 28.9 Å². The van der Waals surface area contributed by atoms with E-state index in [4.69, 9.17) is 14.2 Å². The number of amides is 2. The van der Waals surface area contributed by atoms with Gasteiger partial charge in [0.2, 0.25) is 11.8 Å². The number of benzene rings is 6. The average Bonchev–Trinajstić information content (AvgIpc) is 3.34. The van der Waals surface area contributed by atoms with E-state index >= 15 is 0 Å². The van der Waals surface area contributed by atoms with Crippen LogP contribution in [0, 0.1) is 24.7 Å². The molecule has 0 unspecified atom stereocenters. The first kappa shape index (κ1) is 52.8. The topological polar surface area (TPSA) is 94.1 Å². The van der Waals surface area contributed by atoms with Crippen molar-refractivity contribution in [2.45, 2.75) is 88.2 Å². The van der Waals surface area contributed by atoms with Gasteiger partial charge in [0.05, 0.1) is 33.9 Å². The van der Waals surface area contributed by atoms with Crippen LogP contribution >= 0.6 is 15.9 Å². The number of carbonyl (C=O) groups excluding carboxylic acids is 2. The molecule has 0 saturated heterocycles. The summed E-state index contributed by atoms with van der Waals surface area (Å²) >= 11 is 3.55. The lowest BCUT2D eigenvalue weighted by Gasteiger charge is -2.27. The van der Waals surface area contributed by atoms with Gasteiger partial charge in [0.15, 0.2) is 0 Å². The van der Waals surface area contributed by atoms with E-state index in [0.717, 1.165) is 87.8 Å². The quantitative estimate of drug-likeness (QED) is 0.107. The van der Waals surface area contributed by atoms with Crippen LogP contribution in [-0.4, -0.2) is 42.6 Å². The van der Waals surface area contributed by atoms with Gasteiger partial charge in [-0.1, -0.05) is 118 Å². The number of halogens is 1. The number of hydrogen-bond donors (Lipinski definition) is 0. The molecular weight excluding hydrogens is 961 g/mol. The lowest BCUT2D eigenvalue weighted by atomic mass is 9.91. The Hall–Kier alpha value is -7.04. The van der Waals surface area contributed by atoms with Gasteiger partial charge in [-0.2, -0.15) is 0 Å². The molecule has 0 spiro atoms. The Morgan fingerprint density at radius 2 is 0.944 bits per heavy atom. The van der Waals surface area contributed by atoms with Crippen molar-refractivity contribution in [1.29, 1.82) is 0 Å². The molecule has 8 rings (SSSR count). The fourth-order valence-electron chi connectivity index (χ4n) is 8.71. The molecule has 0 aliphatic carbocycles. The summed E-state index contributed by atoms with van der Waals surface area (Å²) in [5.41, 5.74) is 8.53. The normalized spacial score (nSPS) is 11.4. The summed E-state index contributed by atoms with van der Waals surface area (Å²) < 4.78 is 17.5. The molecule has 0 radical (unpaired) electrons. The van der Waals surface area contributed by atoms with Gasteiger partial charge in [-0.3, -0.25) is 19.4 Å². The lowest BCUT2D eigenvalue weighted by molar-refractivity contribution is -0.121. The minimum atomic E-state index is -0.141. The second-order valence-electron chi connectivity index (χ2n) is 20.6. The second-order valence-corrected chi connectivity index (χ2v) is 21.6. The molecule has 72 heavy (non-hydrogen) atoms. The molecule has 8 aromatic rings. The monoisotopic (exact) mass is 1030 g/mol. The number of aromatic nitrogens is 2. The first-order valence-electron chi connectivity index (χ1n) is 24.5. The zero-order chi connectivity index (χ0) is 51.7. The van der Waals surface area contributed by atoms with Crippen molar-refractivity contribution in [2.75, 3.05) is 30.6 Å². The molecule has 0 fully saturated rings. The molecule has 6 aromatic carbocycles. The van der Waals surface area contributed by atoms with Crippen molar-refractivity contribution in [3.05, 3.63) is 173 Å². The predicted octanol–water partition coefficient (Wildman–Crippen LogP) is 15.5. The molecular formula is C62H67BrN4O5. The molecule has 9 nitrogen and oxygen atoms in total. The van der Waals surface area contributed by atoms with Gasteiger partial charge in [-0.15, -0.1) is 0 Å². The van der Waals surface area contributed by atoms with E-state index < -0.39 is 0 Å². The molecule has 0 saturated carbocycles. The Bertz CT molecular complexity index is 3170. The maximum Gasteiger partial charge on any atom is 0.229 e. The Labute approximate surface area is 434 Å². The number of nitrogens with zero attached hydrogens (tertiary/aromatic N) is 4. The van der Waals surface area contributed by atoms with Crippen LogP contribution in [0.1, 0.15) is 83.6 Å². The van der Waals surface area contributed by atoms with E-state index in [2.05, 4.69) is 146 Å². The zero-order valence-corrected chi connectivity index (χ0v) is 45.2. The lowest BCUT2D eigenvalue weighted by Crippen LogP contribution is -2.34. The summed E-state index contributed by atoms with van der Waals surface area (Å²) in [6, 6.07) is 45.1. The minimum Gasteiger partial charge on any atom is -0.496 e. The molecule has 0 aliphatic heterocycles. The van der Waals surface area contributed by atoms with Gasteiger partial charge in [0.25, 0.3) is 0 Å². The van der Waals surface area contributed by atoms with Crippen molar-refractivity contribution in [3.63, 3.8) is 0 Å².